The molecular formula is C21H21N3O4S. The number of hydrogen-bond donors (Lipinski definition) is 3. The van der Waals surface area contributed by atoms with Crippen LogP contribution >= 0.6 is 12.2 Å². The van der Waals surface area contributed by atoms with Gasteiger partial charge in [-0.2, -0.15) is 0 Å². The van der Waals surface area contributed by atoms with Crippen LogP contribution in [0, 0.1) is 20.8 Å². The predicted octanol–water partition coefficient (Wildman–Crippen LogP) is 3.11. The van der Waals surface area contributed by atoms with Crippen LogP contribution in [-0.2, 0) is 4.79 Å². The Morgan fingerprint density at radius 2 is 1.79 bits per heavy atom. The van der Waals surface area contributed by atoms with Crippen LogP contribution in [0.1, 0.15) is 16.7 Å². The summed E-state index contributed by atoms with van der Waals surface area (Å²) in [6.07, 6.45) is 0. The van der Waals surface area contributed by atoms with E-state index in [9.17, 15) is 9.59 Å². The predicted molar refractivity (Wildman–Crippen MR) is 116 cm³/mol. The number of fused-ring (bicyclic) bond motifs is 1. The summed E-state index contributed by atoms with van der Waals surface area (Å²) in [5, 5.41) is 4.03. The van der Waals surface area contributed by atoms with Gasteiger partial charge in [0.05, 0.1) is 0 Å². The number of benzene rings is 2. The lowest BCUT2D eigenvalue weighted by molar-refractivity contribution is -0.123. The van der Waals surface area contributed by atoms with Gasteiger partial charge in [-0.15, -0.1) is 0 Å². The van der Waals surface area contributed by atoms with E-state index in [1.165, 1.54) is 6.07 Å². The fourth-order valence-corrected chi connectivity index (χ4v) is 2.94. The van der Waals surface area contributed by atoms with Crippen LogP contribution in [0.15, 0.2) is 51.7 Å². The molecule has 8 heteroatoms. The number of para-hydroxylation sites is 1. The van der Waals surface area contributed by atoms with Crippen molar-refractivity contribution in [2.45, 2.75) is 20.8 Å². The van der Waals surface area contributed by atoms with Gasteiger partial charge in [-0.1, -0.05) is 18.2 Å². The van der Waals surface area contributed by atoms with Crippen molar-refractivity contribution in [1.82, 2.24) is 10.9 Å². The average molecular weight is 411 g/mol. The molecule has 3 rings (SSSR count). The van der Waals surface area contributed by atoms with Gasteiger partial charge >= 0.3 is 5.63 Å². The van der Waals surface area contributed by atoms with Crippen molar-refractivity contribution in [1.29, 1.82) is 0 Å². The van der Waals surface area contributed by atoms with Crippen LogP contribution in [0.4, 0.5) is 5.69 Å². The topological polar surface area (TPSA) is 92.6 Å². The van der Waals surface area contributed by atoms with Crippen molar-refractivity contribution in [2.24, 2.45) is 0 Å². The molecule has 0 unspecified atom stereocenters. The minimum absolute atomic E-state index is 0.206. The summed E-state index contributed by atoms with van der Waals surface area (Å²) in [5.41, 5.74) is 8.63. The first-order valence-electron chi connectivity index (χ1n) is 8.93. The SMILES string of the molecule is Cc1ccccc1NC(=S)NNC(=O)COc1cc2c(C)cc(=O)oc2cc1C. The monoisotopic (exact) mass is 411 g/mol. The highest BCUT2D eigenvalue weighted by Crippen LogP contribution is 2.26. The Balaban J connectivity index is 1.56. The first-order valence-corrected chi connectivity index (χ1v) is 9.33. The Labute approximate surface area is 173 Å². The second-order valence-corrected chi connectivity index (χ2v) is 7.00. The van der Waals surface area contributed by atoms with Crippen LogP contribution in [-0.4, -0.2) is 17.6 Å². The van der Waals surface area contributed by atoms with Gasteiger partial charge in [0.2, 0.25) is 0 Å². The fourth-order valence-electron chi connectivity index (χ4n) is 2.77. The molecule has 0 radical (unpaired) electrons. The summed E-state index contributed by atoms with van der Waals surface area (Å²) in [6, 6.07) is 12.6. The molecule has 2 aromatic carbocycles. The number of hydrazine groups is 1. The molecule has 1 heterocycles. The first kappa shape index (κ1) is 20.3. The molecule has 7 nitrogen and oxygen atoms in total. The number of rotatable bonds is 4. The molecule has 0 spiro atoms. The molecular weight excluding hydrogens is 390 g/mol. The molecule has 0 saturated carbocycles. The third-order valence-corrected chi connectivity index (χ3v) is 4.52. The quantitative estimate of drug-likeness (QED) is 0.345. The van der Waals surface area contributed by atoms with Crippen LogP contribution in [0.2, 0.25) is 0 Å². The number of aryl methyl sites for hydroxylation is 3. The molecule has 0 saturated heterocycles. The van der Waals surface area contributed by atoms with Gasteiger partial charge in [0, 0.05) is 17.1 Å². The van der Waals surface area contributed by atoms with E-state index in [1.54, 1.807) is 12.1 Å². The number of thiocarbonyl (C=S) groups is 1. The van der Waals surface area contributed by atoms with Crippen molar-refractivity contribution in [3.8, 4) is 5.75 Å². The summed E-state index contributed by atoms with van der Waals surface area (Å²) in [6.45, 7) is 5.38. The molecule has 0 aliphatic heterocycles. The zero-order chi connectivity index (χ0) is 21.0. The van der Waals surface area contributed by atoms with E-state index in [-0.39, 0.29) is 11.7 Å². The summed E-state index contributed by atoms with van der Waals surface area (Å²) >= 11 is 5.18. The minimum Gasteiger partial charge on any atom is -0.483 e. The van der Waals surface area contributed by atoms with E-state index in [2.05, 4.69) is 16.2 Å². The van der Waals surface area contributed by atoms with Crippen molar-refractivity contribution in [3.05, 3.63) is 69.6 Å². The Bertz CT molecular complexity index is 1140. The fraction of sp³-hybridized carbons (Fsp3) is 0.190. The largest absolute Gasteiger partial charge is 0.483 e. The zero-order valence-electron chi connectivity index (χ0n) is 16.3. The summed E-state index contributed by atoms with van der Waals surface area (Å²) in [5.74, 6) is 0.139. The Morgan fingerprint density at radius 3 is 2.55 bits per heavy atom. The van der Waals surface area contributed by atoms with E-state index in [1.807, 2.05) is 45.0 Å². The Hall–Kier alpha value is -3.39. The number of carbonyl (C=O) groups is 1. The average Bonchev–Trinajstić information content (AvgIpc) is 2.66. The highest BCUT2D eigenvalue weighted by molar-refractivity contribution is 7.80. The van der Waals surface area contributed by atoms with Crippen LogP contribution in [0.25, 0.3) is 11.0 Å². The van der Waals surface area contributed by atoms with E-state index in [4.69, 9.17) is 21.4 Å². The summed E-state index contributed by atoms with van der Waals surface area (Å²) < 4.78 is 10.8. The Kier molecular flexibility index (Phi) is 6.13. The second kappa shape index (κ2) is 8.74. The van der Waals surface area contributed by atoms with Gasteiger partial charge in [-0.25, -0.2) is 4.79 Å². The van der Waals surface area contributed by atoms with Crippen LogP contribution in [0.5, 0.6) is 5.75 Å². The maximum atomic E-state index is 12.1. The molecule has 0 aliphatic carbocycles. The van der Waals surface area contributed by atoms with E-state index in [0.29, 0.717) is 11.3 Å². The number of ether oxygens (including phenoxy) is 1. The lowest BCUT2D eigenvalue weighted by atomic mass is 10.1. The lowest BCUT2D eigenvalue weighted by Crippen LogP contribution is -2.45. The molecule has 3 N–H and O–H groups in total. The number of anilines is 1. The number of hydrogen-bond acceptors (Lipinski definition) is 5. The molecule has 1 aromatic heterocycles. The van der Waals surface area contributed by atoms with Gasteiger partial charge in [-0.05, 0) is 67.9 Å². The van der Waals surface area contributed by atoms with Crippen LogP contribution < -0.4 is 26.5 Å². The number of carbonyl (C=O) groups excluding carboxylic acids is 1. The smallest absolute Gasteiger partial charge is 0.336 e. The van der Waals surface area contributed by atoms with E-state index in [0.717, 1.165) is 27.8 Å². The molecule has 0 atom stereocenters. The lowest BCUT2D eigenvalue weighted by Gasteiger charge is -2.14. The molecule has 150 valence electrons. The minimum atomic E-state index is -0.399. The normalized spacial score (nSPS) is 10.4. The van der Waals surface area contributed by atoms with E-state index >= 15 is 0 Å². The maximum absolute atomic E-state index is 12.1. The van der Waals surface area contributed by atoms with Gasteiger partial charge in [-0.3, -0.25) is 15.6 Å². The molecule has 0 fully saturated rings. The van der Waals surface area contributed by atoms with Gasteiger partial charge in [0.1, 0.15) is 11.3 Å². The summed E-state index contributed by atoms with van der Waals surface area (Å²) in [7, 11) is 0. The standard InChI is InChI=1S/C21H21N3O4S/c1-12-6-4-5-7-16(12)22-21(29)24-23-19(25)11-27-17-10-15-13(2)9-20(26)28-18(15)8-14(17)3/h4-10H,11H2,1-3H3,(H,23,25)(H2,22,24,29). The molecule has 1 amide bonds. The molecule has 3 aromatic rings. The van der Waals surface area contributed by atoms with Gasteiger partial charge in [0.15, 0.2) is 11.7 Å². The zero-order valence-corrected chi connectivity index (χ0v) is 17.1. The van der Waals surface area contributed by atoms with Crippen molar-refractivity contribution in [3.63, 3.8) is 0 Å². The van der Waals surface area contributed by atoms with Crippen molar-refractivity contribution < 1.29 is 13.9 Å². The number of amides is 1. The van der Waals surface area contributed by atoms with Gasteiger partial charge in [0.25, 0.3) is 5.91 Å². The second-order valence-electron chi connectivity index (χ2n) is 6.59. The van der Waals surface area contributed by atoms with E-state index < -0.39 is 11.5 Å². The van der Waals surface area contributed by atoms with Crippen molar-refractivity contribution >= 4 is 39.9 Å². The Morgan fingerprint density at radius 1 is 1.03 bits per heavy atom. The third-order valence-electron chi connectivity index (χ3n) is 4.31. The highest BCUT2D eigenvalue weighted by atomic mass is 32.1. The van der Waals surface area contributed by atoms with Crippen molar-refractivity contribution in [2.75, 3.05) is 11.9 Å². The molecule has 0 aliphatic rings. The molecule has 29 heavy (non-hydrogen) atoms. The maximum Gasteiger partial charge on any atom is 0.336 e. The molecule has 0 bridgehead atoms. The first-order chi connectivity index (χ1) is 13.8. The van der Waals surface area contributed by atoms with Crippen LogP contribution in [0.3, 0.4) is 0 Å². The third kappa shape index (κ3) is 5.11. The highest BCUT2D eigenvalue weighted by Gasteiger charge is 2.10. The summed E-state index contributed by atoms with van der Waals surface area (Å²) in [4.78, 5) is 23.6. The number of nitrogens with one attached hydrogen (secondary N) is 3. The van der Waals surface area contributed by atoms with Gasteiger partial charge < -0.3 is 14.5 Å².